The minimum absolute atomic E-state index is 0.0791. The summed E-state index contributed by atoms with van der Waals surface area (Å²) in [5.41, 5.74) is 3.19. The fraction of sp³-hybridized carbons (Fsp3) is 0.167. The summed E-state index contributed by atoms with van der Waals surface area (Å²) < 4.78 is 0. The number of rotatable bonds is 5. The third-order valence-electron chi connectivity index (χ3n) is 5.31. The molecule has 1 aromatic heterocycles. The molecule has 3 aromatic rings. The van der Waals surface area contributed by atoms with Gasteiger partial charge in [0.15, 0.2) is 0 Å². The van der Waals surface area contributed by atoms with Crippen molar-refractivity contribution < 1.29 is 14.4 Å². The monoisotopic (exact) mass is 414 g/mol. The Morgan fingerprint density at radius 1 is 1.00 bits per heavy atom. The van der Waals surface area contributed by atoms with Gasteiger partial charge >= 0.3 is 0 Å². The number of nitrogens with zero attached hydrogens (tertiary/aromatic N) is 1. The zero-order chi connectivity index (χ0) is 22.0. The van der Waals surface area contributed by atoms with Crippen LogP contribution in [0, 0.1) is 0 Å². The van der Waals surface area contributed by atoms with E-state index < -0.39 is 5.41 Å². The Morgan fingerprint density at radius 2 is 1.84 bits per heavy atom. The van der Waals surface area contributed by atoms with E-state index >= 15 is 0 Å². The van der Waals surface area contributed by atoms with E-state index in [0.29, 0.717) is 29.2 Å². The molecule has 7 heteroatoms. The Balaban J connectivity index is 1.40. The second-order valence-corrected chi connectivity index (χ2v) is 7.89. The molecule has 156 valence electrons. The molecule has 1 aliphatic rings. The van der Waals surface area contributed by atoms with Crippen LogP contribution in [0.15, 0.2) is 66.9 Å². The first-order valence-corrected chi connectivity index (χ1v) is 9.90. The standard InChI is InChI=1S/C24H22N4O3/c1-24(2)18-10-9-16(13-20(18)28-23(24)31)21(29)26-14-15-6-5-7-17(12-15)27-22(30)19-8-3-4-11-25-19/h3-13H,14H2,1-2H3,(H,26,29)(H,27,30)(H,28,31). The molecule has 0 saturated heterocycles. The molecule has 4 rings (SSSR count). The van der Waals surface area contributed by atoms with E-state index in [1.54, 1.807) is 48.7 Å². The third kappa shape index (κ3) is 4.16. The van der Waals surface area contributed by atoms with Crippen molar-refractivity contribution >= 4 is 29.1 Å². The summed E-state index contributed by atoms with van der Waals surface area (Å²) in [5.74, 6) is -0.626. The van der Waals surface area contributed by atoms with E-state index in [2.05, 4.69) is 20.9 Å². The summed E-state index contributed by atoms with van der Waals surface area (Å²) >= 11 is 0. The lowest BCUT2D eigenvalue weighted by molar-refractivity contribution is -0.119. The lowest BCUT2D eigenvalue weighted by atomic mass is 9.86. The molecule has 3 N–H and O–H groups in total. The van der Waals surface area contributed by atoms with Gasteiger partial charge in [0.2, 0.25) is 5.91 Å². The minimum atomic E-state index is -0.607. The number of hydrogen-bond acceptors (Lipinski definition) is 4. The average Bonchev–Trinajstić information content (AvgIpc) is 3.00. The molecule has 2 heterocycles. The smallest absolute Gasteiger partial charge is 0.274 e. The van der Waals surface area contributed by atoms with Gasteiger partial charge in [0, 0.05) is 29.7 Å². The van der Waals surface area contributed by atoms with Gasteiger partial charge in [-0.3, -0.25) is 19.4 Å². The Hall–Kier alpha value is -4.00. The van der Waals surface area contributed by atoms with Gasteiger partial charge in [-0.05, 0) is 61.4 Å². The van der Waals surface area contributed by atoms with Gasteiger partial charge < -0.3 is 16.0 Å². The summed E-state index contributed by atoms with van der Waals surface area (Å²) in [5, 5.41) is 8.51. The third-order valence-corrected chi connectivity index (χ3v) is 5.31. The predicted molar refractivity (Wildman–Crippen MR) is 118 cm³/mol. The molecule has 3 amide bonds. The number of fused-ring (bicyclic) bond motifs is 1. The molecule has 31 heavy (non-hydrogen) atoms. The van der Waals surface area contributed by atoms with Crippen molar-refractivity contribution in [1.29, 1.82) is 0 Å². The van der Waals surface area contributed by atoms with Crippen LogP contribution < -0.4 is 16.0 Å². The molecule has 1 aliphatic heterocycles. The highest BCUT2D eigenvalue weighted by molar-refractivity contribution is 6.07. The van der Waals surface area contributed by atoms with E-state index in [9.17, 15) is 14.4 Å². The van der Waals surface area contributed by atoms with Gasteiger partial charge in [-0.15, -0.1) is 0 Å². The molecule has 0 saturated carbocycles. The van der Waals surface area contributed by atoms with E-state index in [4.69, 9.17) is 0 Å². The van der Waals surface area contributed by atoms with Crippen molar-refractivity contribution in [3.05, 3.63) is 89.2 Å². The maximum absolute atomic E-state index is 12.6. The Bertz CT molecular complexity index is 1170. The highest BCUT2D eigenvalue weighted by Gasteiger charge is 2.38. The topological polar surface area (TPSA) is 100 Å². The first-order chi connectivity index (χ1) is 14.8. The first kappa shape index (κ1) is 20.3. The van der Waals surface area contributed by atoms with E-state index in [-0.39, 0.29) is 17.7 Å². The van der Waals surface area contributed by atoms with Crippen LogP contribution in [0.3, 0.4) is 0 Å². The largest absolute Gasteiger partial charge is 0.348 e. The van der Waals surface area contributed by atoms with E-state index in [1.807, 2.05) is 32.0 Å². The molecule has 0 aliphatic carbocycles. The quantitative estimate of drug-likeness (QED) is 0.595. The SMILES string of the molecule is CC1(C)C(=O)Nc2cc(C(=O)NCc3cccc(NC(=O)c4ccccn4)c3)ccc21. The second-order valence-electron chi connectivity index (χ2n) is 7.89. The molecule has 7 nitrogen and oxygen atoms in total. The average molecular weight is 414 g/mol. The fourth-order valence-corrected chi connectivity index (χ4v) is 3.47. The van der Waals surface area contributed by atoms with E-state index in [1.165, 1.54) is 0 Å². The lowest BCUT2D eigenvalue weighted by Crippen LogP contribution is -2.26. The van der Waals surface area contributed by atoms with Gasteiger partial charge in [-0.1, -0.05) is 24.3 Å². The van der Waals surface area contributed by atoms with E-state index in [0.717, 1.165) is 11.1 Å². The molecule has 0 atom stereocenters. The zero-order valence-electron chi connectivity index (χ0n) is 17.2. The normalized spacial score (nSPS) is 13.8. The number of benzene rings is 2. The van der Waals surface area contributed by atoms with Crippen LogP contribution in [-0.4, -0.2) is 22.7 Å². The Kier molecular flexibility index (Phi) is 5.25. The molecule has 0 fully saturated rings. The van der Waals surface area contributed by atoms with Crippen LogP contribution in [0.25, 0.3) is 0 Å². The molecule has 2 aromatic carbocycles. The van der Waals surface area contributed by atoms with Crippen LogP contribution >= 0.6 is 0 Å². The molecule has 0 radical (unpaired) electrons. The van der Waals surface area contributed by atoms with Crippen molar-refractivity contribution in [3.63, 3.8) is 0 Å². The van der Waals surface area contributed by atoms with Gasteiger partial charge in [-0.25, -0.2) is 0 Å². The number of nitrogens with one attached hydrogen (secondary N) is 3. The summed E-state index contributed by atoms with van der Waals surface area (Å²) in [4.78, 5) is 41.0. The van der Waals surface area contributed by atoms with Crippen molar-refractivity contribution in [2.45, 2.75) is 25.8 Å². The second kappa shape index (κ2) is 8.02. The highest BCUT2D eigenvalue weighted by atomic mass is 16.2. The predicted octanol–water partition coefficient (Wildman–Crippen LogP) is 3.49. The molecule has 0 spiro atoms. The minimum Gasteiger partial charge on any atom is -0.348 e. The van der Waals surface area contributed by atoms with Crippen molar-refractivity contribution in [2.24, 2.45) is 0 Å². The van der Waals surface area contributed by atoms with Crippen LogP contribution in [0.5, 0.6) is 0 Å². The zero-order valence-corrected chi connectivity index (χ0v) is 17.2. The number of hydrogen-bond donors (Lipinski definition) is 3. The molecular weight excluding hydrogens is 392 g/mol. The fourth-order valence-electron chi connectivity index (χ4n) is 3.47. The number of carbonyl (C=O) groups excluding carboxylic acids is 3. The molecular formula is C24H22N4O3. The number of aromatic nitrogens is 1. The van der Waals surface area contributed by atoms with Crippen LogP contribution in [0.1, 0.15) is 45.8 Å². The first-order valence-electron chi connectivity index (χ1n) is 9.90. The number of anilines is 2. The number of amides is 3. The van der Waals surface area contributed by atoms with Crippen LogP contribution in [0.2, 0.25) is 0 Å². The number of pyridine rings is 1. The van der Waals surface area contributed by atoms with Crippen molar-refractivity contribution in [3.8, 4) is 0 Å². The molecule has 0 bridgehead atoms. The molecule has 0 unspecified atom stereocenters. The highest BCUT2D eigenvalue weighted by Crippen LogP contribution is 2.37. The summed E-state index contributed by atoms with van der Waals surface area (Å²) in [6, 6.07) is 17.6. The van der Waals surface area contributed by atoms with Crippen molar-refractivity contribution in [2.75, 3.05) is 10.6 Å². The summed E-state index contributed by atoms with van der Waals surface area (Å²) in [6.45, 7) is 4.00. The maximum atomic E-state index is 12.6. The van der Waals surface area contributed by atoms with Gasteiger partial charge in [-0.2, -0.15) is 0 Å². The van der Waals surface area contributed by atoms with Crippen LogP contribution in [0.4, 0.5) is 11.4 Å². The summed E-state index contributed by atoms with van der Waals surface area (Å²) in [7, 11) is 0. The van der Waals surface area contributed by atoms with Crippen LogP contribution in [-0.2, 0) is 16.8 Å². The maximum Gasteiger partial charge on any atom is 0.274 e. The van der Waals surface area contributed by atoms with Gasteiger partial charge in [0.05, 0.1) is 5.41 Å². The lowest BCUT2D eigenvalue weighted by Gasteiger charge is -2.15. The van der Waals surface area contributed by atoms with Gasteiger partial charge in [0.1, 0.15) is 5.69 Å². The number of carbonyl (C=O) groups is 3. The Morgan fingerprint density at radius 3 is 2.61 bits per heavy atom. The van der Waals surface area contributed by atoms with Crippen molar-refractivity contribution in [1.82, 2.24) is 10.3 Å². The Labute approximate surface area is 179 Å². The summed E-state index contributed by atoms with van der Waals surface area (Å²) in [6.07, 6.45) is 1.56. The van der Waals surface area contributed by atoms with Gasteiger partial charge in [0.25, 0.3) is 11.8 Å².